The number of halogens is 1. The van der Waals surface area contributed by atoms with Crippen LogP contribution in [0.4, 0.5) is 4.39 Å². The van der Waals surface area contributed by atoms with Gasteiger partial charge in [0.05, 0.1) is 23.5 Å². The average Bonchev–Trinajstić information content (AvgIpc) is 2.75. The molecule has 0 saturated carbocycles. The normalized spacial score (nSPS) is 13.5. The molecule has 94 valence electrons. The lowest BCUT2D eigenvalue weighted by Crippen LogP contribution is -2.26. The van der Waals surface area contributed by atoms with E-state index in [0.717, 1.165) is 0 Å². The van der Waals surface area contributed by atoms with Crippen LogP contribution in [0, 0.1) is 17.1 Å². The van der Waals surface area contributed by atoms with Crippen LogP contribution in [0.1, 0.15) is 21.7 Å². The van der Waals surface area contributed by atoms with E-state index in [0.29, 0.717) is 11.4 Å². The number of rotatable bonds is 0. The summed E-state index contributed by atoms with van der Waals surface area (Å²) in [6, 6.07) is 6.40. The molecule has 0 aliphatic carbocycles. The minimum absolute atomic E-state index is 0.00522. The number of aromatic nitrogens is 2. The molecule has 2 heterocycles. The summed E-state index contributed by atoms with van der Waals surface area (Å²) in [7, 11) is 1.57. The van der Waals surface area contributed by atoms with Crippen molar-refractivity contribution in [1.29, 1.82) is 5.26 Å². The molecule has 0 fully saturated rings. The Bertz CT molecular complexity index is 729. The van der Waals surface area contributed by atoms with Gasteiger partial charge in [0.1, 0.15) is 18.2 Å². The van der Waals surface area contributed by atoms with Gasteiger partial charge in [-0.25, -0.2) is 9.37 Å². The molecule has 19 heavy (non-hydrogen) atoms. The molecule has 6 heteroatoms. The lowest BCUT2D eigenvalue weighted by atomic mass is 10.1. The highest BCUT2D eigenvalue weighted by molar-refractivity contribution is 5.98. The molecular weight excluding hydrogens is 247 g/mol. The molecule has 0 bridgehead atoms. The fourth-order valence-corrected chi connectivity index (χ4v) is 2.24. The summed E-state index contributed by atoms with van der Waals surface area (Å²) < 4.78 is 15.5. The average molecular weight is 256 g/mol. The molecule has 1 aliphatic rings. The zero-order chi connectivity index (χ0) is 13.6. The van der Waals surface area contributed by atoms with Crippen molar-refractivity contribution in [2.75, 3.05) is 7.05 Å². The number of imidazole rings is 1. The third-order valence-electron chi connectivity index (χ3n) is 3.17. The third kappa shape index (κ3) is 1.52. The summed E-state index contributed by atoms with van der Waals surface area (Å²) in [5.74, 6) is -0.977. The molecule has 5 nitrogen and oxygen atoms in total. The van der Waals surface area contributed by atoms with E-state index in [1.165, 1.54) is 23.4 Å². The number of carbonyl (C=O) groups is 1. The van der Waals surface area contributed by atoms with Crippen LogP contribution in [0.15, 0.2) is 24.5 Å². The molecule has 3 rings (SSSR count). The molecule has 2 aromatic rings. The van der Waals surface area contributed by atoms with Gasteiger partial charge in [0.25, 0.3) is 5.91 Å². The Kier molecular flexibility index (Phi) is 2.35. The topological polar surface area (TPSA) is 61.9 Å². The van der Waals surface area contributed by atoms with Gasteiger partial charge in [-0.05, 0) is 12.1 Å². The van der Waals surface area contributed by atoms with E-state index >= 15 is 0 Å². The van der Waals surface area contributed by atoms with Gasteiger partial charge in [-0.15, -0.1) is 0 Å². The van der Waals surface area contributed by atoms with Crippen LogP contribution in [0.5, 0.6) is 0 Å². The number of nitrogens with zero attached hydrogens (tertiary/aromatic N) is 4. The molecule has 0 atom stereocenters. The molecule has 0 saturated heterocycles. The second kappa shape index (κ2) is 3.92. The fourth-order valence-electron chi connectivity index (χ4n) is 2.24. The predicted octanol–water partition coefficient (Wildman–Crippen LogP) is 1.47. The number of hydrogen-bond acceptors (Lipinski definition) is 3. The van der Waals surface area contributed by atoms with Crippen LogP contribution in [0.25, 0.3) is 5.69 Å². The standard InChI is InChI=1S/C13H9FN4O/c1-17-6-11-9(5-15)16-7-18(11)10-4-2-3-8(14)12(10)13(17)19/h2-4,7H,6H2,1H3. The number of hydrogen-bond donors (Lipinski definition) is 0. The maximum absolute atomic E-state index is 13.9. The second-order valence-electron chi connectivity index (χ2n) is 4.32. The third-order valence-corrected chi connectivity index (χ3v) is 3.17. The zero-order valence-corrected chi connectivity index (χ0v) is 10.1. The van der Waals surface area contributed by atoms with Gasteiger partial charge in [-0.2, -0.15) is 5.26 Å². The first-order valence-corrected chi connectivity index (χ1v) is 5.64. The first-order valence-electron chi connectivity index (χ1n) is 5.64. The SMILES string of the molecule is CN1Cc2c(C#N)ncn2-c2cccc(F)c2C1=O. The van der Waals surface area contributed by atoms with E-state index in [-0.39, 0.29) is 17.8 Å². The van der Waals surface area contributed by atoms with Gasteiger partial charge >= 0.3 is 0 Å². The van der Waals surface area contributed by atoms with E-state index in [1.54, 1.807) is 17.7 Å². The second-order valence-corrected chi connectivity index (χ2v) is 4.32. The summed E-state index contributed by atoms with van der Waals surface area (Å²) in [6.07, 6.45) is 1.44. The monoisotopic (exact) mass is 256 g/mol. The summed E-state index contributed by atoms with van der Waals surface area (Å²) >= 11 is 0. The number of nitriles is 1. The molecule has 0 spiro atoms. The van der Waals surface area contributed by atoms with E-state index in [4.69, 9.17) is 5.26 Å². The summed E-state index contributed by atoms with van der Waals surface area (Å²) in [5.41, 5.74) is 1.25. The number of amides is 1. The van der Waals surface area contributed by atoms with Crippen LogP contribution >= 0.6 is 0 Å². The quantitative estimate of drug-likeness (QED) is 0.717. The highest BCUT2D eigenvalue weighted by Crippen LogP contribution is 2.26. The van der Waals surface area contributed by atoms with Crippen LogP contribution in [-0.4, -0.2) is 27.4 Å². The van der Waals surface area contributed by atoms with Crippen LogP contribution in [0.2, 0.25) is 0 Å². The Morgan fingerprint density at radius 2 is 2.26 bits per heavy atom. The smallest absolute Gasteiger partial charge is 0.259 e. The van der Waals surface area contributed by atoms with Crippen LogP contribution in [0.3, 0.4) is 0 Å². The van der Waals surface area contributed by atoms with Crippen LogP contribution < -0.4 is 0 Å². The lowest BCUT2D eigenvalue weighted by molar-refractivity contribution is 0.0783. The van der Waals surface area contributed by atoms with Gasteiger partial charge in [0, 0.05) is 7.05 Å². The Morgan fingerprint density at radius 3 is 3.00 bits per heavy atom. The molecule has 0 N–H and O–H groups in total. The van der Waals surface area contributed by atoms with Crippen molar-refractivity contribution < 1.29 is 9.18 Å². The van der Waals surface area contributed by atoms with Gasteiger partial charge < -0.3 is 4.90 Å². The molecular formula is C13H9FN4O. The van der Waals surface area contributed by atoms with E-state index < -0.39 is 11.7 Å². The minimum atomic E-state index is -0.575. The first kappa shape index (κ1) is 11.4. The Balaban J connectivity index is 2.37. The van der Waals surface area contributed by atoms with E-state index in [1.807, 2.05) is 6.07 Å². The summed E-state index contributed by atoms with van der Waals surface area (Å²) in [6.45, 7) is 0.218. The van der Waals surface area contributed by atoms with Gasteiger partial charge in [-0.1, -0.05) is 6.07 Å². The predicted molar refractivity (Wildman–Crippen MR) is 64.0 cm³/mol. The minimum Gasteiger partial charge on any atom is -0.336 e. The van der Waals surface area contributed by atoms with Crippen molar-refractivity contribution in [1.82, 2.24) is 14.5 Å². The summed E-state index contributed by atoms with van der Waals surface area (Å²) in [5, 5.41) is 9.03. The molecule has 1 aliphatic heterocycles. The number of fused-ring (bicyclic) bond motifs is 3. The van der Waals surface area contributed by atoms with Crippen LogP contribution in [-0.2, 0) is 6.54 Å². The van der Waals surface area contributed by atoms with Gasteiger partial charge in [0.2, 0.25) is 0 Å². The highest BCUT2D eigenvalue weighted by atomic mass is 19.1. The number of benzene rings is 1. The van der Waals surface area contributed by atoms with Crippen molar-refractivity contribution in [3.63, 3.8) is 0 Å². The van der Waals surface area contributed by atoms with Crippen molar-refractivity contribution in [2.24, 2.45) is 0 Å². The Morgan fingerprint density at radius 1 is 1.47 bits per heavy atom. The molecule has 0 unspecified atom stereocenters. The van der Waals surface area contributed by atoms with E-state index in [2.05, 4.69) is 4.98 Å². The summed E-state index contributed by atoms with van der Waals surface area (Å²) in [4.78, 5) is 17.6. The first-order chi connectivity index (χ1) is 9.13. The van der Waals surface area contributed by atoms with Gasteiger partial charge in [0.15, 0.2) is 5.69 Å². The maximum Gasteiger partial charge on any atom is 0.259 e. The molecule has 0 radical (unpaired) electrons. The maximum atomic E-state index is 13.9. The van der Waals surface area contributed by atoms with E-state index in [9.17, 15) is 9.18 Å². The molecule has 1 aromatic heterocycles. The van der Waals surface area contributed by atoms with Crippen molar-refractivity contribution in [2.45, 2.75) is 6.54 Å². The van der Waals surface area contributed by atoms with Gasteiger partial charge in [-0.3, -0.25) is 9.36 Å². The zero-order valence-electron chi connectivity index (χ0n) is 10.1. The molecule has 1 amide bonds. The number of carbonyl (C=O) groups excluding carboxylic acids is 1. The van der Waals surface area contributed by atoms with Crippen molar-refractivity contribution >= 4 is 5.91 Å². The Hall–Kier alpha value is -2.68. The molecule has 1 aromatic carbocycles. The largest absolute Gasteiger partial charge is 0.336 e. The highest BCUT2D eigenvalue weighted by Gasteiger charge is 2.28. The Labute approximate surface area is 108 Å². The fraction of sp³-hybridized carbons (Fsp3) is 0.154. The lowest BCUT2D eigenvalue weighted by Gasteiger charge is -2.14. The van der Waals surface area contributed by atoms with Crippen molar-refractivity contribution in [3.8, 4) is 11.8 Å². The van der Waals surface area contributed by atoms with Crippen molar-refractivity contribution in [3.05, 3.63) is 47.3 Å².